The molecular formula is C24H21ClF2N6O2S. The molecule has 3 aliphatic rings. The van der Waals surface area contributed by atoms with Gasteiger partial charge in [-0.15, -0.1) is 11.3 Å². The van der Waals surface area contributed by atoms with Crippen molar-refractivity contribution in [2.75, 3.05) is 5.32 Å². The van der Waals surface area contributed by atoms with Crippen molar-refractivity contribution in [3.8, 4) is 22.0 Å². The van der Waals surface area contributed by atoms with Crippen LogP contribution in [0.4, 0.5) is 14.6 Å². The first kappa shape index (κ1) is 23.2. The maximum absolute atomic E-state index is 15.9. The van der Waals surface area contributed by atoms with Gasteiger partial charge in [0.1, 0.15) is 16.4 Å². The molecule has 186 valence electrons. The molecule has 2 atom stereocenters. The van der Waals surface area contributed by atoms with Crippen LogP contribution in [-0.2, 0) is 4.79 Å². The number of H-pyrrole nitrogens is 1. The molecular weight excluding hydrogens is 510 g/mol. The van der Waals surface area contributed by atoms with Gasteiger partial charge in [0.05, 0.1) is 22.6 Å². The van der Waals surface area contributed by atoms with Crippen molar-refractivity contribution in [3.63, 3.8) is 0 Å². The summed E-state index contributed by atoms with van der Waals surface area (Å²) >= 11 is 6.81. The van der Waals surface area contributed by atoms with Gasteiger partial charge in [0, 0.05) is 12.2 Å². The van der Waals surface area contributed by atoms with Crippen LogP contribution in [-0.4, -0.2) is 42.0 Å². The van der Waals surface area contributed by atoms with E-state index in [1.54, 1.807) is 6.20 Å². The third-order valence-corrected chi connectivity index (χ3v) is 8.34. The largest absolute Gasteiger partial charge is 0.481 e. The molecule has 36 heavy (non-hydrogen) atoms. The molecule has 0 aliphatic heterocycles. The highest BCUT2D eigenvalue weighted by Gasteiger charge is 2.43. The van der Waals surface area contributed by atoms with Gasteiger partial charge in [-0.3, -0.25) is 4.79 Å². The molecule has 12 heteroatoms. The fraction of sp³-hybridized carbons (Fsp3) is 0.375. The summed E-state index contributed by atoms with van der Waals surface area (Å²) in [7, 11) is 0. The van der Waals surface area contributed by atoms with Gasteiger partial charge in [-0.25, -0.2) is 24.3 Å². The fourth-order valence-corrected chi connectivity index (χ4v) is 6.47. The van der Waals surface area contributed by atoms with Crippen LogP contribution < -0.4 is 5.32 Å². The maximum Gasteiger partial charge on any atom is 0.308 e. The average molecular weight is 531 g/mol. The molecule has 3 saturated carbocycles. The summed E-state index contributed by atoms with van der Waals surface area (Å²) in [6.07, 6.45) is 7.26. The van der Waals surface area contributed by atoms with Gasteiger partial charge in [-0.1, -0.05) is 24.4 Å². The van der Waals surface area contributed by atoms with Gasteiger partial charge in [0.15, 0.2) is 28.2 Å². The summed E-state index contributed by atoms with van der Waals surface area (Å²) in [4.78, 5) is 32.9. The molecule has 8 nitrogen and oxygen atoms in total. The number of rotatable bonds is 5. The SMILES string of the molecule is O=C(O)[C@H]1C2CCC(CC2)C[C@@H]1Nc1nc(-c2c[nH]c3ncc(Cl)nc23)nc(-c2ccc(F)s2)c1F. The van der Waals surface area contributed by atoms with E-state index in [0.717, 1.165) is 37.0 Å². The molecule has 0 aromatic carbocycles. The predicted molar refractivity (Wildman–Crippen MR) is 132 cm³/mol. The van der Waals surface area contributed by atoms with E-state index >= 15 is 4.39 Å². The van der Waals surface area contributed by atoms with Crippen LogP contribution in [0.15, 0.2) is 24.5 Å². The standard InChI is InChI=1S/C24H21ClF2N6O2S/c25-15-9-29-23-19(31-15)12(8-28-23)21-32-20(14-5-6-16(26)36-14)18(27)22(33-21)30-13-7-10-1-3-11(4-2-10)17(13)24(34)35/h5-6,8-11,13,17H,1-4,7H2,(H,28,29)(H,34,35)(H,30,32,33)/t10?,11?,13-,17-/m0/s1. The number of halogens is 3. The Labute approximate surface area is 213 Å². The highest BCUT2D eigenvalue weighted by Crippen LogP contribution is 2.44. The fourth-order valence-electron chi connectivity index (χ4n) is 5.62. The molecule has 0 saturated heterocycles. The monoisotopic (exact) mass is 530 g/mol. The Morgan fingerprint density at radius 3 is 2.69 bits per heavy atom. The smallest absolute Gasteiger partial charge is 0.308 e. The molecule has 3 aliphatic carbocycles. The van der Waals surface area contributed by atoms with Crippen LogP contribution >= 0.6 is 22.9 Å². The minimum Gasteiger partial charge on any atom is -0.481 e. The van der Waals surface area contributed by atoms with Crippen molar-refractivity contribution in [2.45, 2.75) is 38.1 Å². The number of carboxylic acid groups (broad SMARTS) is 1. The van der Waals surface area contributed by atoms with Gasteiger partial charge in [0.2, 0.25) is 0 Å². The number of nitrogens with one attached hydrogen (secondary N) is 2. The second kappa shape index (κ2) is 9.04. The third-order valence-electron chi connectivity index (χ3n) is 7.28. The van der Waals surface area contributed by atoms with E-state index in [2.05, 4.69) is 30.2 Å². The Bertz CT molecular complexity index is 1470. The van der Waals surface area contributed by atoms with Gasteiger partial charge < -0.3 is 15.4 Å². The second-order valence-corrected chi connectivity index (χ2v) is 10.8. The van der Waals surface area contributed by atoms with Gasteiger partial charge in [-0.05, 0) is 43.2 Å². The summed E-state index contributed by atoms with van der Waals surface area (Å²) in [5.41, 5.74) is 1.22. The molecule has 4 aromatic heterocycles. The second-order valence-electron chi connectivity index (χ2n) is 9.39. The minimum absolute atomic E-state index is 0.0278. The summed E-state index contributed by atoms with van der Waals surface area (Å²) < 4.78 is 29.7. The number of aromatic amines is 1. The number of aliphatic carboxylic acids is 1. The van der Waals surface area contributed by atoms with Crippen molar-refractivity contribution < 1.29 is 18.7 Å². The Morgan fingerprint density at radius 2 is 1.97 bits per heavy atom. The molecule has 0 amide bonds. The summed E-state index contributed by atoms with van der Waals surface area (Å²) in [5.74, 6) is -1.89. The average Bonchev–Trinajstić information content (AvgIpc) is 3.37. The van der Waals surface area contributed by atoms with Gasteiger partial charge >= 0.3 is 5.97 Å². The van der Waals surface area contributed by atoms with E-state index < -0.39 is 28.9 Å². The molecule has 3 N–H and O–H groups in total. The normalized spacial score (nSPS) is 23.6. The highest BCUT2D eigenvalue weighted by atomic mass is 35.5. The Balaban J connectivity index is 1.49. The van der Waals surface area contributed by atoms with E-state index in [-0.39, 0.29) is 33.3 Å². The van der Waals surface area contributed by atoms with Crippen molar-refractivity contribution in [1.82, 2.24) is 24.9 Å². The van der Waals surface area contributed by atoms with Crippen LogP contribution in [0, 0.1) is 28.7 Å². The van der Waals surface area contributed by atoms with Gasteiger partial charge in [-0.2, -0.15) is 4.39 Å². The number of hydrogen-bond donors (Lipinski definition) is 3. The topological polar surface area (TPSA) is 117 Å². The zero-order valence-electron chi connectivity index (χ0n) is 18.8. The quantitative estimate of drug-likeness (QED) is 0.300. The van der Waals surface area contributed by atoms with E-state index in [1.807, 2.05) is 0 Å². The number of fused-ring (bicyclic) bond motifs is 5. The Morgan fingerprint density at radius 1 is 1.17 bits per heavy atom. The van der Waals surface area contributed by atoms with Crippen molar-refractivity contribution in [2.24, 2.45) is 17.8 Å². The zero-order chi connectivity index (χ0) is 25.0. The predicted octanol–water partition coefficient (Wildman–Crippen LogP) is 5.77. The molecule has 7 rings (SSSR count). The summed E-state index contributed by atoms with van der Waals surface area (Å²) in [6.45, 7) is 0. The lowest BCUT2D eigenvalue weighted by atomic mass is 9.80. The summed E-state index contributed by atoms with van der Waals surface area (Å²) in [6, 6.07) is 2.20. The first-order valence-corrected chi connectivity index (χ1v) is 12.9. The zero-order valence-corrected chi connectivity index (χ0v) is 20.4. The van der Waals surface area contributed by atoms with E-state index in [4.69, 9.17) is 11.6 Å². The van der Waals surface area contributed by atoms with Crippen LogP contribution in [0.1, 0.15) is 32.1 Å². The molecule has 3 fully saturated rings. The van der Waals surface area contributed by atoms with Crippen LogP contribution in [0.3, 0.4) is 0 Å². The number of hydrogen-bond acceptors (Lipinski definition) is 7. The maximum atomic E-state index is 15.9. The number of nitrogens with zero attached hydrogens (tertiary/aromatic N) is 4. The van der Waals surface area contributed by atoms with Gasteiger partial charge in [0.25, 0.3) is 0 Å². The van der Waals surface area contributed by atoms with Crippen molar-refractivity contribution >= 4 is 45.9 Å². The van der Waals surface area contributed by atoms with Crippen LogP contribution in [0.25, 0.3) is 33.1 Å². The highest BCUT2D eigenvalue weighted by molar-refractivity contribution is 7.13. The molecule has 4 aromatic rings. The van der Waals surface area contributed by atoms with E-state index in [1.165, 1.54) is 18.3 Å². The number of thiophene rings is 1. The number of aromatic nitrogens is 5. The lowest BCUT2D eigenvalue weighted by Gasteiger charge is -2.28. The molecule has 0 radical (unpaired) electrons. The first-order chi connectivity index (χ1) is 17.4. The van der Waals surface area contributed by atoms with Crippen molar-refractivity contribution in [1.29, 1.82) is 0 Å². The number of carbonyl (C=O) groups is 1. The molecule has 4 heterocycles. The minimum atomic E-state index is -0.892. The summed E-state index contributed by atoms with van der Waals surface area (Å²) in [5, 5.41) is 12.9. The van der Waals surface area contributed by atoms with Crippen LogP contribution in [0.5, 0.6) is 0 Å². The molecule has 0 spiro atoms. The Hall–Kier alpha value is -3.18. The molecule has 0 unspecified atom stereocenters. The Kier molecular flexibility index (Phi) is 5.83. The van der Waals surface area contributed by atoms with Crippen LogP contribution in [0.2, 0.25) is 5.15 Å². The lowest BCUT2D eigenvalue weighted by molar-refractivity contribution is -0.144. The van der Waals surface area contributed by atoms with Crippen molar-refractivity contribution in [3.05, 3.63) is 40.6 Å². The number of anilines is 1. The molecule has 2 bridgehead atoms. The lowest BCUT2D eigenvalue weighted by Crippen LogP contribution is -2.38. The third kappa shape index (κ3) is 4.09. The number of carboxylic acids is 1. The van der Waals surface area contributed by atoms with E-state index in [9.17, 15) is 14.3 Å². The first-order valence-electron chi connectivity index (χ1n) is 11.7. The van der Waals surface area contributed by atoms with E-state index in [0.29, 0.717) is 29.1 Å².